The highest BCUT2D eigenvalue weighted by molar-refractivity contribution is 7.92. The number of hydrogen-bond acceptors (Lipinski definition) is 5. The molecule has 1 amide bonds. The third-order valence-electron chi connectivity index (χ3n) is 3.74. The topological polar surface area (TPSA) is 109 Å². The molecule has 1 aromatic rings. The number of aliphatic hydroxyl groups is 1. The van der Waals surface area contributed by atoms with E-state index in [-0.39, 0.29) is 5.69 Å². The predicted molar refractivity (Wildman–Crippen MR) is 75.0 cm³/mol. The predicted octanol–water partition coefficient (Wildman–Crippen LogP) is 1.02. The van der Waals surface area contributed by atoms with Crippen LogP contribution in [0.3, 0.4) is 0 Å². The van der Waals surface area contributed by atoms with Gasteiger partial charge in [-0.25, -0.2) is 8.42 Å². The van der Waals surface area contributed by atoms with E-state index in [0.717, 1.165) is 18.2 Å². The van der Waals surface area contributed by atoms with Gasteiger partial charge >= 0.3 is 5.51 Å². The lowest BCUT2D eigenvalue weighted by Gasteiger charge is -2.17. The van der Waals surface area contributed by atoms with Crippen molar-refractivity contribution in [2.24, 2.45) is 11.7 Å². The Kier molecular flexibility index (Phi) is 4.69. The highest BCUT2D eigenvalue weighted by Gasteiger charge is 2.47. The molecule has 0 aromatic heterocycles. The maximum absolute atomic E-state index is 12.5. The quantitative estimate of drug-likeness (QED) is 0.752. The molecule has 23 heavy (non-hydrogen) atoms. The van der Waals surface area contributed by atoms with E-state index in [1.807, 2.05) is 0 Å². The molecule has 10 heteroatoms. The molecule has 6 nitrogen and oxygen atoms in total. The van der Waals surface area contributed by atoms with Crippen LogP contribution >= 0.6 is 0 Å². The van der Waals surface area contributed by atoms with Crippen molar-refractivity contribution in [1.82, 2.24) is 0 Å². The first-order valence-electron chi connectivity index (χ1n) is 6.70. The van der Waals surface area contributed by atoms with Crippen LogP contribution in [0.25, 0.3) is 0 Å². The fourth-order valence-electron chi connectivity index (χ4n) is 2.42. The molecule has 4 N–H and O–H groups in total. The minimum Gasteiger partial charge on any atom is -0.391 e. The molecule has 0 radical (unpaired) electrons. The number of carbonyl (C=O) groups excluding carboxylic acids is 1. The van der Waals surface area contributed by atoms with Gasteiger partial charge in [-0.3, -0.25) is 4.79 Å². The van der Waals surface area contributed by atoms with Crippen LogP contribution in [0.5, 0.6) is 0 Å². The van der Waals surface area contributed by atoms with E-state index < -0.39 is 44.2 Å². The fourth-order valence-corrected chi connectivity index (χ4v) is 3.23. The lowest BCUT2D eigenvalue weighted by Crippen LogP contribution is -2.40. The second-order valence-corrected chi connectivity index (χ2v) is 7.24. The Hall–Kier alpha value is -1.65. The number of amides is 1. The molecule has 0 aliphatic heterocycles. The summed E-state index contributed by atoms with van der Waals surface area (Å²) in [5.41, 5.74) is 0.166. The number of anilines is 1. The molecule has 0 spiro atoms. The van der Waals surface area contributed by atoms with Crippen LogP contribution < -0.4 is 11.1 Å². The molecule has 0 saturated heterocycles. The molecule has 3 atom stereocenters. The van der Waals surface area contributed by atoms with E-state index in [1.54, 1.807) is 0 Å². The molecule has 1 aliphatic carbocycles. The van der Waals surface area contributed by atoms with Gasteiger partial charge in [-0.05, 0) is 31.0 Å². The summed E-state index contributed by atoms with van der Waals surface area (Å²) in [6, 6.07) is 3.13. The van der Waals surface area contributed by atoms with Crippen LogP contribution in [-0.2, 0) is 14.6 Å². The zero-order valence-corrected chi connectivity index (χ0v) is 12.6. The van der Waals surface area contributed by atoms with Gasteiger partial charge < -0.3 is 16.2 Å². The number of aliphatic hydroxyl groups excluding tert-OH is 1. The Bertz CT molecular complexity index is 705. The summed E-state index contributed by atoms with van der Waals surface area (Å²) in [6.45, 7) is 0. The average Bonchev–Trinajstić information content (AvgIpc) is 2.78. The van der Waals surface area contributed by atoms with Crippen molar-refractivity contribution in [2.75, 3.05) is 5.32 Å². The zero-order chi connectivity index (χ0) is 17.4. The summed E-state index contributed by atoms with van der Waals surface area (Å²) in [7, 11) is -5.49. The van der Waals surface area contributed by atoms with Gasteiger partial charge in [-0.1, -0.05) is 6.07 Å². The molecule has 128 valence electrons. The lowest BCUT2D eigenvalue weighted by molar-refractivity contribution is -0.120. The van der Waals surface area contributed by atoms with Crippen molar-refractivity contribution in [2.45, 2.75) is 35.4 Å². The second-order valence-electron chi connectivity index (χ2n) is 5.29. The first-order chi connectivity index (χ1) is 10.5. The van der Waals surface area contributed by atoms with Crippen LogP contribution in [0.15, 0.2) is 29.2 Å². The highest BCUT2D eigenvalue weighted by Crippen LogP contribution is 2.32. The number of alkyl halides is 3. The number of carbonyl (C=O) groups is 1. The SMILES string of the molecule is N[C@H]1[C@H](O)CC[C@H]1C(=O)Nc1cccc(S(=O)(=O)C(F)(F)F)c1. The zero-order valence-electron chi connectivity index (χ0n) is 11.7. The summed E-state index contributed by atoms with van der Waals surface area (Å²) in [4.78, 5) is 11.1. The second kappa shape index (κ2) is 6.10. The standard InChI is InChI=1S/C13H15F3N2O4S/c14-13(15,16)23(21,22)8-3-1-2-7(6-8)18-12(20)9-4-5-10(19)11(9)17/h1-3,6,9-11,19H,4-5,17H2,(H,18,20)/t9-,10-,11-/m1/s1. The van der Waals surface area contributed by atoms with Crippen molar-refractivity contribution < 1.29 is 31.5 Å². The maximum atomic E-state index is 12.5. The minimum absolute atomic E-state index is 0.0890. The van der Waals surface area contributed by atoms with Crippen molar-refractivity contribution >= 4 is 21.4 Å². The van der Waals surface area contributed by atoms with Gasteiger partial charge in [0.05, 0.1) is 16.9 Å². The number of rotatable bonds is 3. The highest BCUT2D eigenvalue weighted by atomic mass is 32.2. The summed E-state index contributed by atoms with van der Waals surface area (Å²) in [6.07, 6.45) is -0.126. The molecule has 1 aliphatic rings. The fraction of sp³-hybridized carbons (Fsp3) is 0.462. The van der Waals surface area contributed by atoms with Crippen molar-refractivity contribution in [3.05, 3.63) is 24.3 Å². The summed E-state index contributed by atoms with van der Waals surface area (Å²) in [5.74, 6) is -1.26. The van der Waals surface area contributed by atoms with Crippen molar-refractivity contribution in [1.29, 1.82) is 0 Å². The third-order valence-corrected chi connectivity index (χ3v) is 5.22. The van der Waals surface area contributed by atoms with E-state index in [9.17, 15) is 31.5 Å². The van der Waals surface area contributed by atoms with E-state index in [4.69, 9.17) is 5.73 Å². The minimum atomic E-state index is -5.49. The molecule has 0 heterocycles. The van der Waals surface area contributed by atoms with Gasteiger partial charge in [-0.15, -0.1) is 0 Å². The van der Waals surface area contributed by atoms with Crippen LogP contribution in [0.2, 0.25) is 0 Å². The number of sulfone groups is 1. The maximum Gasteiger partial charge on any atom is 0.501 e. The first kappa shape index (κ1) is 17.7. The number of nitrogens with one attached hydrogen (secondary N) is 1. The van der Waals surface area contributed by atoms with E-state index in [1.165, 1.54) is 6.07 Å². The lowest BCUT2D eigenvalue weighted by atomic mass is 10.0. The van der Waals surface area contributed by atoms with Gasteiger partial charge in [0.25, 0.3) is 9.84 Å². The summed E-state index contributed by atoms with van der Waals surface area (Å²) in [5, 5.41) is 11.9. The van der Waals surface area contributed by atoms with E-state index in [2.05, 4.69) is 5.32 Å². The Morgan fingerprint density at radius 1 is 1.30 bits per heavy atom. The van der Waals surface area contributed by atoms with Gasteiger partial charge in [-0.2, -0.15) is 13.2 Å². The molecule has 1 fully saturated rings. The molecular weight excluding hydrogens is 337 g/mol. The number of nitrogens with two attached hydrogens (primary N) is 1. The Balaban J connectivity index is 2.20. The van der Waals surface area contributed by atoms with Gasteiger partial charge in [0.2, 0.25) is 5.91 Å². The van der Waals surface area contributed by atoms with Crippen molar-refractivity contribution in [3.63, 3.8) is 0 Å². The van der Waals surface area contributed by atoms with Gasteiger partial charge in [0.15, 0.2) is 0 Å². The van der Waals surface area contributed by atoms with Crippen LogP contribution in [0.4, 0.5) is 18.9 Å². The number of halogens is 3. The molecule has 1 saturated carbocycles. The summed E-state index contributed by atoms with van der Waals surface area (Å²) >= 11 is 0. The Labute approximate surface area is 130 Å². The molecule has 1 aromatic carbocycles. The Morgan fingerprint density at radius 2 is 1.96 bits per heavy atom. The van der Waals surface area contributed by atoms with Crippen molar-refractivity contribution in [3.8, 4) is 0 Å². The van der Waals surface area contributed by atoms with Crippen LogP contribution in [-0.4, -0.2) is 37.1 Å². The largest absolute Gasteiger partial charge is 0.501 e. The van der Waals surface area contributed by atoms with Gasteiger partial charge in [0.1, 0.15) is 0 Å². The monoisotopic (exact) mass is 352 g/mol. The van der Waals surface area contributed by atoms with Crippen LogP contribution in [0.1, 0.15) is 12.8 Å². The molecule has 0 bridgehead atoms. The van der Waals surface area contributed by atoms with Gasteiger partial charge in [0, 0.05) is 11.7 Å². The molecular formula is C13H15F3N2O4S. The third kappa shape index (κ3) is 3.48. The smallest absolute Gasteiger partial charge is 0.391 e. The number of benzene rings is 1. The molecule has 0 unspecified atom stereocenters. The normalized spacial score (nSPS) is 25.3. The van der Waals surface area contributed by atoms with E-state index in [0.29, 0.717) is 12.8 Å². The number of hydrogen-bond donors (Lipinski definition) is 3. The van der Waals surface area contributed by atoms with E-state index >= 15 is 0 Å². The van der Waals surface area contributed by atoms with Crippen LogP contribution in [0, 0.1) is 5.92 Å². The first-order valence-corrected chi connectivity index (χ1v) is 8.18. The average molecular weight is 352 g/mol. The summed E-state index contributed by atoms with van der Waals surface area (Å²) < 4.78 is 60.3. The molecule has 2 rings (SSSR count). The Morgan fingerprint density at radius 3 is 2.48 bits per heavy atom.